The molecule has 0 saturated heterocycles. The molecule has 2 nitrogen and oxygen atoms in total. The highest BCUT2D eigenvalue weighted by molar-refractivity contribution is 5.72. The van der Waals surface area contributed by atoms with E-state index in [1.54, 1.807) is 0 Å². The first-order valence-corrected chi connectivity index (χ1v) is 7.12. The van der Waals surface area contributed by atoms with Crippen molar-refractivity contribution in [2.45, 2.75) is 52.9 Å². The Labute approximate surface area is 104 Å². The highest BCUT2D eigenvalue weighted by Crippen LogP contribution is 2.70. The second-order valence-electron chi connectivity index (χ2n) is 7.36. The molecular formula is C15H24O2. The Hall–Kier alpha value is -0.530. The molecule has 3 saturated carbocycles. The molecule has 5 unspecified atom stereocenters. The number of fused-ring (bicyclic) bond motifs is 1. The third-order valence-electron chi connectivity index (χ3n) is 6.91. The van der Waals surface area contributed by atoms with Gasteiger partial charge in [-0.3, -0.25) is 4.79 Å². The number of hydrogen-bond donors (Lipinski definition) is 1. The SMILES string of the molecule is CC1C2CCC(C(=O)O)C23CCC(C3)C1(C)C. The van der Waals surface area contributed by atoms with Crippen LogP contribution >= 0.6 is 0 Å². The van der Waals surface area contributed by atoms with Crippen molar-refractivity contribution in [1.82, 2.24) is 0 Å². The lowest BCUT2D eigenvalue weighted by atomic mass is 9.53. The lowest BCUT2D eigenvalue weighted by Crippen LogP contribution is -2.46. The smallest absolute Gasteiger partial charge is 0.307 e. The Morgan fingerprint density at radius 2 is 1.94 bits per heavy atom. The van der Waals surface area contributed by atoms with Crippen molar-refractivity contribution in [2.24, 2.45) is 34.5 Å². The van der Waals surface area contributed by atoms with Crippen LogP contribution in [0.15, 0.2) is 0 Å². The Kier molecular flexibility index (Phi) is 2.22. The Morgan fingerprint density at radius 1 is 1.24 bits per heavy atom. The van der Waals surface area contributed by atoms with Gasteiger partial charge in [0.25, 0.3) is 0 Å². The predicted molar refractivity (Wildman–Crippen MR) is 66.6 cm³/mol. The van der Waals surface area contributed by atoms with Crippen LogP contribution in [0.25, 0.3) is 0 Å². The Balaban J connectivity index is 2.02. The van der Waals surface area contributed by atoms with E-state index in [4.69, 9.17) is 0 Å². The summed E-state index contributed by atoms with van der Waals surface area (Å²) in [6.07, 6.45) is 5.69. The van der Waals surface area contributed by atoms with E-state index >= 15 is 0 Å². The molecule has 0 heterocycles. The van der Waals surface area contributed by atoms with E-state index in [2.05, 4.69) is 20.8 Å². The van der Waals surface area contributed by atoms with Gasteiger partial charge in [-0.25, -0.2) is 0 Å². The molecule has 0 amide bonds. The Morgan fingerprint density at radius 3 is 2.59 bits per heavy atom. The molecular weight excluding hydrogens is 212 g/mol. The third-order valence-corrected chi connectivity index (χ3v) is 6.91. The van der Waals surface area contributed by atoms with Crippen molar-refractivity contribution in [2.75, 3.05) is 0 Å². The van der Waals surface area contributed by atoms with Gasteiger partial charge in [0.15, 0.2) is 0 Å². The summed E-state index contributed by atoms with van der Waals surface area (Å²) in [6, 6.07) is 0. The molecule has 2 heteroatoms. The van der Waals surface area contributed by atoms with Crippen molar-refractivity contribution in [1.29, 1.82) is 0 Å². The van der Waals surface area contributed by atoms with Crippen molar-refractivity contribution in [3.63, 3.8) is 0 Å². The molecule has 96 valence electrons. The average Bonchev–Trinajstić information content (AvgIpc) is 2.81. The molecule has 1 spiro atoms. The van der Waals surface area contributed by atoms with E-state index in [9.17, 15) is 9.90 Å². The van der Waals surface area contributed by atoms with Crippen LogP contribution in [0.2, 0.25) is 0 Å². The molecule has 0 radical (unpaired) electrons. The predicted octanol–water partition coefficient (Wildman–Crippen LogP) is 3.56. The normalized spacial score (nSPS) is 51.2. The zero-order chi connectivity index (χ0) is 12.4. The topological polar surface area (TPSA) is 37.3 Å². The maximum atomic E-state index is 11.5. The molecule has 3 fully saturated rings. The molecule has 5 atom stereocenters. The molecule has 0 aromatic rings. The number of carboxylic acids is 1. The first kappa shape index (κ1) is 11.6. The number of aliphatic carboxylic acids is 1. The van der Waals surface area contributed by atoms with E-state index in [1.807, 2.05) is 0 Å². The molecule has 3 aliphatic carbocycles. The summed E-state index contributed by atoms with van der Waals surface area (Å²) >= 11 is 0. The molecule has 17 heavy (non-hydrogen) atoms. The van der Waals surface area contributed by atoms with Crippen LogP contribution in [-0.2, 0) is 4.79 Å². The van der Waals surface area contributed by atoms with Gasteiger partial charge in [0.1, 0.15) is 0 Å². The number of hydrogen-bond acceptors (Lipinski definition) is 1. The second kappa shape index (κ2) is 3.27. The molecule has 3 aliphatic rings. The fraction of sp³-hybridized carbons (Fsp3) is 0.933. The summed E-state index contributed by atoms with van der Waals surface area (Å²) in [4.78, 5) is 11.5. The van der Waals surface area contributed by atoms with Crippen LogP contribution in [0, 0.1) is 34.5 Å². The summed E-state index contributed by atoms with van der Waals surface area (Å²) < 4.78 is 0. The van der Waals surface area contributed by atoms with Crippen LogP contribution in [0.3, 0.4) is 0 Å². The summed E-state index contributed by atoms with van der Waals surface area (Å²) in [5, 5.41) is 9.48. The van der Waals surface area contributed by atoms with E-state index in [1.165, 1.54) is 19.3 Å². The van der Waals surface area contributed by atoms with Gasteiger partial charge in [-0.2, -0.15) is 0 Å². The minimum atomic E-state index is -0.528. The lowest BCUT2D eigenvalue weighted by Gasteiger charge is -2.51. The molecule has 2 bridgehead atoms. The van der Waals surface area contributed by atoms with Crippen LogP contribution in [0.5, 0.6) is 0 Å². The molecule has 1 N–H and O–H groups in total. The molecule has 0 aromatic carbocycles. The lowest BCUT2D eigenvalue weighted by molar-refractivity contribution is -0.148. The standard InChI is InChI=1S/C15H24O2/c1-9-11-4-5-12(13(16)17)15(11)7-6-10(8-15)14(9,2)3/h9-12H,4-8H2,1-3H3,(H,16,17). The van der Waals surface area contributed by atoms with Gasteiger partial charge in [-0.15, -0.1) is 0 Å². The van der Waals surface area contributed by atoms with Crippen LogP contribution in [0.1, 0.15) is 52.9 Å². The minimum absolute atomic E-state index is 0.0453. The van der Waals surface area contributed by atoms with Crippen molar-refractivity contribution >= 4 is 5.97 Å². The highest BCUT2D eigenvalue weighted by Gasteiger charge is 2.64. The van der Waals surface area contributed by atoms with Gasteiger partial charge in [-0.1, -0.05) is 20.8 Å². The van der Waals surface area contributed by atoms with E-state index < -0.39 is 5.97 Å². The molecule has 3 rings (SSSR count). The van der Waals surface area contributed by atoms with Gasteiger partial charge in [0.05, 0.1) is 5.92 Å². The first-order chi connectivity index (χ1) is 7.89. The van der Waals surface area contributed by atoms with Crippen molar-refractivity contribution in [3.8, 4) is 0 Å². The van der Waals surface area contributed by atoms with Gasteiger partial charge < -0.3 is 5.11 Å². The van der Waals surface area contributed by atoms with Crippen molar-refractivity contribution < 1.29 is 9.90 Å². The maximum Gasteiger partial charge on any atom is 0.307 e. The van der Waals surface area contributed by atoms with Gasteiger partial charge in [0.2, 0.25) is 0 Å². The molecule has 0 aromatic heterocycles. The summed E-state index contributed by atoms with van der Waals surface area (Å²) in [6.45, 7) is 7.19. The first-order valence-electron chi connectivity index (χ1n) is 7.12. The zero-order valence-corrected chi connectivity index (χ0v) is 11.2. The van der Waals surface area contributed by atoms with E-state index in [0.29, 0.717) is 17.3 Å². The highest BCUT2D eigenvalue weighted by atomic mass is 16.4. The second-order valence-corrected chi connectivity index (χ2v) is 7.36. The van der Waals surface area contributed by atoms with Gasteiger partial charge in [-0.05, 0) is 60.7 Å². The monoisotopic (exact) mass is 236 g/mol. The fourth-order valence-corrected chi connectivity index (χ4v) is 5.58. The van der Waals surface area contributed by atoms with Gasteiger partial charge in [0, 0.05) is 0 Å². The third kappa shape index (κ3) is 1.25. The Bertz CT molecular complexity index is 360. The summed E-state index contributed by atoms with van der Waals surface area (Å²) in [5.74, 6) is 1.54. The van der Waals surface area contributed by atoms with Crippen LogP contribution in [-0.4, -0.2) is 11.1 Å². The van der Waals surface area contributed by atoms with Crippen LogP contribution < -0.4 is 0 Å². The average molecular weight is 236 g/mol. The van der Waals surface area contributed by atoms with E-state index in [0.717, 1.165) is 18.8 Å². The minimum Gasteiger partial charge on any atom is -0.481 e. The van der Waals surface area contributed by atoms with Crippen LogP contribution in [0.4, 0.5) is 0 Å². The summed E-state index contributed by atoms with van der Waals surface area (Å²) in [5.41, 5.74) is 0.587. The zero-order valence-electron chi connectivity index (χ0n) is 11.2. The van der Waals surface area contributed by atoms with E-state index in [-0.39, 0.29) is 11.3 Å². The number of carbonyl (C=O) groups is 1. The summed E-state index contributed by atoms with van der Waals surface area (Å²) in [7, 11) is 0. The maximum absolute atomic E-state index is 11.5. The fourth-order valence-electron chi connectivity index (χ4n) is 5.58. The largest absolute Gasteiger partial charge is 0.481 e. The molecule has 0 aliphatic heterocycles. The quantitative estimate of drug-likeness (QED) is 0.756. The van der Waals surface area contributed by atoms with Crippen molar-refractivity contribution in [3.05, 3.63) is 0 Å². The number of carboxylic acid groups (broad SMARTS) is 1. The van der Waals surface area contributed by atoms with Gasteiger partial charge >= 0.3 is 5.97 Å². The number of rotatable bonds is 1.